The molecule has 2 aromatic rings. The van der Waals surface area contributed by atoms with Gasteiger partial charge in [0.15, 0.2) is 0 Å². The van der Waals surface area contributed by atoms with Gasteiger partial charge in [-0.05, 0) is 37.1 Å². The predicted octanol–water partition coefficient (Wildman–Crippen LogP) is 3.75. The number of nitrogens with zero attached hydrogens (tertiary/aromatic N) is 1. The Morgan fingerprint density at radius 1 is 1.14 bits per heavy atom. The first-order valence-electron chi connectivity index (χ1n) is 6.77. The zero-order valence-electron chi connectivity index (χ0n) is 11.9. The van der Waals surface area contributed by atoms with Crippen molar-refractivity contribution in [2.24, 2.45) is 4.99 Å². The van der Waals surface area contributed by atoms with Gasteiger partial charge in [-0.1, -0.05) is 35.9 Å². The Kier molecular flexibility index (Phi) is 3.52. The molecule has 0 bridgehead atoms. The lowest BCUT2D eigenvalue weighted by atomic mass is 9.97. The summed E-state index contributed by atoms with van der Waals surface area (Å²) in [6.07, 6.45) is 0. The normalized spacial score (nSPS) is 14.0. The van der Waals surface area contributed by atoms with Gasteiger partial charge in [-0.25, -0.2) is 0 Å². The number of para-hydroxylation sites is 1. The minimum absolute atomic E-state index is 0.104. The molecule has 3 nitrogen and oxygen atoms in total. The van der Waals surface area contributed by atoms with Gasteiger partial charge in [0.25, 0.3) is 0 Å². The minimum Gasteiger partial charge on any atom is -0.323 e. The zero-order valence-corrected chi connectivity index (χ0v) is 12.7. The Bertz CT molecular complexity index is 765. The molecule has 0 unspecified atom stereocenters. The maximum atomic E-state index is 11.8. The highest BCUT2D eigenvalue weighted by Gasteiger charge is 2.20. The molecular formula is C17H15ClN2O. The van der Waals surface area contributed by atoms with Gasteiger partial charge < -0.3 is 5.32 Å². The SMILES string of the molecule is Cc1ccc(C2=NCC(=O)Nc3c(Cl)cccc32)cc1C. The summed E-state index contributed by atoms with van der Waals surface area (Å²) in [7, 11) is 0. The van der Waals surface area contributed by atoms with Crippen molar-refractivity contribution in [3.05, 3.63) is 63.7 Å². The number of aryl methyl sites for hydroxylation is 2. The highest BCUT2D eigenvalue weighted by Crippen LogP contribution is 2.30. The average Bonchev–Trinajstić information content (AvgIpc) is 2.62. The van der Waals surface area contributed by atoms with Gasteiger partial charge in [0.05, 0.1) is 16.4 Å². The number of anilines is 1. The molecule has 0 aromatic heterocycles. The van der Waals surface area contributed by atoms with E-state index < -0.39 is 0 Å². The summed E-state index contributed by atoms with van der Waals surface area (Å²) in [5.74, 6) is -0.150. The Morgan fingerprint density at radius 2 is 1.95 bits per heavy atom. The van der Waals surface area contributed by atoms with E-state index in [0.29, 0.717) is 10.7 Å². The van der Waals surface area contributed by atoms with Gasteiger partial charge in [-0.15, -0.1) is 0 Å². The average molecular weight is 299 g/mol. The number of nitrogens with one attached hydrogen (secondary N) is 1. The van der Waals surface area contributed by atoms with Gasteiger partial charge >= 0.3 is 0 Å². The van der Waals surface area contributed by atoms with E-state index in [2.05, 4.69) is 36.3 Å². The van der Waals surface area contributed by atoms with Crippen LogP contribution in [0.15, 0.2) is 41.4 Å². The van der Waals surface area contributed by atoms with Gasteiger partial charge in [0.2, 0.25) is 5.91 Å². The molecule has 2 aromatic carbocycles. The van der Waals surface area contributed by atoms with Crippen molar-refractivity contribution in [3.63, 3.8) is 0 Å². The first-order valence-corrected chi connectivity index (χ1v) is 7.15. The Balaban J connectivity index is 2.20. The van der Waals surface area contributed by atoms with E-state index >= 15 is 0 Å². The molecule has 0 spiro atoms. The summed E-state index contributed by atoms with van der Waals surface area (Å²) < 4.78 is 0. The number of benzene rings is 2. The van der Waals surface area contributed by atoms with E-state index in [-0.39, 0.29) is 12.5 Å². The summed E-state index contributed by atoms with van der Waals surface area (Å²) in [6.45, 7) is 4.25. The lowest BCUT2D eigenvalue weighted by molar-refractivity contribution is -0.114. The minimum atomic E-state index is -0.150. The van der Waals surface area contributed by atoms with Gasteiger partial charge in [0, 0.05) is 11.1 Å². The van der Waals surface area contributed by atoms with E-state index in [4.69, 9.17) is 11.6 Å². The molecule has 1 aliphatic rings. The van der Waals surface area contributed by atoms with Gasteiger partial charge in [-0.2, -0.15) is 0 Å². The smallest absolute Gasteiger partial charge is 0.246 e. The number of rotatable bonds is 1. The summed E-state index contributed by atoms with van der Waals surface area (Å²) in [4.78, 5) is 16.3. The molecule has 1 aliphatic heterocycles. The van der Waals surface area contributed by atoms with Crippen LogP contribution < -0.4 is 5.32 Å². The number of aliphatic imine (C=N–C) groups is 1. The number of hydrogen-bond donors (Lipinski definition) is 1. The first-order chi connectivity index (χ1) is 10.1. The molecule has 0 fully saturated rings. The third-order valence-electron chi connectivity index (χ3n) is 3.69. The maximum Gasteiger partial charge on any atom is 0.246 e. The zero-order chi connectivity index (χ0) is 15.0. The van der Waals surface area contributed by atoms with Crippen LogP contribution in [0.1, 0.15) is 22.3 Å². The molecule has 1 N–H and O–H groups in total. The molecule has 0 radical (unpaired) electrons. The molecule has 0 saturated carbocycles. The van der Waals surface area contributed by atoms with Crippen molar-refractivity contribution in [1.82, 2.24) is 0 Å². The van der Waals surface area contributed by atoms with Crippen molar-refractivity contribution >= 4 is 28.9 Å². The predicted molar refractivity (Wildman–Crippen MR) is 86.5 cm³/mol. The largest absolute Gasteiger partial charge is 0.323 e. The number of halogens is 1. The van der Waals surface area contributed by atoms with Crippen molar-refractivity contribution in [2.75, 3.05) is 11.9 Å². The number of amides is 1. The van der Waals surface area contributed by atoms with Crippen molar-refractivity contribution in [1.29, 1.82) is 0 Å². The molecular weight excluding hydrogens is 284 g/mol. The van der Waals surface area contributed by atoms with Gasteiger partial charge in [0.1, 0.15) is 6.54 Å². The third kappa shape index (κ3) is 2.57. The molecule has 21 heavy (non-hydrogen) atoms. The van der Waals surface area contributed by atoms with Crippen molar-refractivity contribution in [2.45, 2.75) is 13.8 Å². The molecule has 4 heteroatoms. The van der Waals surface area contributed by atoms with E-state index in [0.717, 1.165) is 16.8 Å². The highest BCUT2D eigenvalue weighted by molar-refractivity contribution is 6.35. The quantitative estimate of drug-likeness (QED) is 0.856. The van der Waals surface area contributed by atoms with Crippen LogP contribution in [0.4, 0.5) is 5.69 Å². The summed E-state index contributed by atoms with van der Waals surface area (Å²) in [5, 5.41) is 3.36. The topological polar surface area (TPSA) is 41.5 Å². The van der Waals surface area contributed by atoms with Crippen LogP contribution in [0.3, 0.4) is 0 Å². The number of carbonyl (C=O) groups excluding carboxylic acids is 1. The van der Waals surface area contributed by atoms with Crippen LogP contribution in [0.2, 0.25) is 5.02 Å². The summed E-state index contributed by atoms with van der Waals surface area (Å²) in [6, 6.07) is 11.8. The van der Waals surface area contributed by atoms with Crippen LogP contribution in [-0.4, -0.2) is 18.2 Å². The standard InChI is InChI=1S/C17H15ClN2O/c1-10-6-7-12(8-11(10)2)16-13-4-3-5-14(18)17(13)20-15(21)9-19-16/h3-8H,9H2,1-2H3,(H,20,21). The van der Waals surface area contributed by atoms with Crippen LogP contribution in [0, 0.1) is 13.8 Å². The third-order valence-corrected chi connectivity index (χ3v) is 4.01. The molecule has 1 amide bonds. The number of carbonyl (C=O) groups is 1. The monoisotopic (exact) mass is 298 g/mol. The van der Waals surface area contributed by atoms with Gasteiger partial charge in [-0.3, -0.25) is 9.79 Å². The van der Waals surface area contributed by atoms with Crippen LogP contribution in [-0.2, 0) is 4.79 Å². The van der Waals surface area contributed by atoms with E-state index in [1.165, 1.54) is 11.1 Å². The lowest BCUT2D eigenvalue weighted by Gasteiger charge is -2.12. The Labute approximate surface area is 128 Å². The number of benzodiazepines with no additional fused rings is 1. The second-order valence-electron chi connectivity index (χ2n) is 5.17. The van der Waals surface area contributed by atoms with Crippen LogP contribution in [0.5, 0.6) is 0 Å². The highest BCUT2D eigenvalue weighted by atomic mass is 35.5. The molecule has 0 saturated heterocycles. The van der Waals surface area contributed by atoms with E-state index in [1.807, 2.05) is 18.2 Å². The molecule has 0 atom stereocenters. The molecule has 106 valence electrons. The molecule has 3 rings (SSSR count). The van der Waals surface area contributed by atoms with E-state index in [9.17, 15) is 4.79 Å². The number of hydrogen-bond acceptors (Lipinski definition) is 2. The second-order valence-corrected chi connectivity index (χ2v) is 5.58. The molecule has 1 heterocycles. The van der Waals surface area contributed by atoms with Crippen molar-refractivity contribution < 1.29 is 4.79 Å². The van der Waals surface area contributed by atoms with Crippen LogP contribution >= 0.6 is 11.6 Å². The fraction of sp³-hybridized carbons (Fsp3) is 0.176. The lowest BCUT2D eigenvalue weighted by Crippen LogP contribution is -2.13. The molecule has 0 aliphatic carbocycles. The second kappa shape index (κ2) is 5.34. The fourth-order valence-corrected chi connectivity index (χ4v) is 2.62. The van der Waals surface area contributed by atoms with E-state index in [1.54, 1.807) is 6.07 Å². The summed E-state index contributed by atoms with van der Waals surface area (Å²) >= 11 is 6.22. The number of fused-ring (bicyclic) bond motifs is 1. The summed E-state index contributed by atoms with van der Waals surface area (Å²) in [5.41, 5.74) is 5.72. The first kappa shape index (κ1) is 13.8. The maximum absolute atomic E-state index is 11.8. The Morgan fingerprint density at radius 3 is 2.71 bits per heavy atom. The van der Waals surface area contributed by atoms with Crippen LogP contribution in [0.25, 0.3) is 0 Å². The van der Waals surface area contributed by atoms with Crippen molar-refractivity contribution in [3.8, 4) is 0 Å². The fourth-order valence-electron chi connectivity index (χ4n) is 2.40. The Hall–Kier alpha value is -2.13.